The van der Waals surface area contributed by atoms with Crippen molar-refractivity contribution in [2.75, 3.05) is 0 Å². The summed E-state index contributed by atoms with van der Waals surface area (Å²) in [6.07, 6.45) is 19.0. The minimum absolute atomic E-state index is 0.289. The van der Waals surface area contributed by atoms with Crippen LogP contribution in [0.2, 0.25) is 0 Å². The average Bonchev–Trinajstić information content (AvgIpc) is 3.07. The summed E-state index contributed by atoms with van der Waals surface area (Å²) in [6, 6.07) is 0. The van der Waals surface area contributed by atoms with Gasteiger partial charge in [-0.05, 0) is 0 Å². The Morgan fingerprint density at radius 1 is 0.630 bits per heavy atom. The molecule has 0 saturated carbocycles. The third-order valence-corrected chi connectivity index (χ3v) is 6.65. The third kappa shape index (κ3) is 12.6. The molecule has 0 aliphatic rings. The molecule has 1 aromatic heterocycles. The summed E-state index contributed by atoms with van der Waals surface area (Å²) < 4.78 is 12.4. The second kappa shape index (κ2) is 16.5. The zero-order valence-corrected chi connectivity index (χ0v) is 20.1. The monoisotopic (exact) mass is 444 g/mol. The molecule has 0 fully saturated rings. The fourth-order valence-electron chi connectivity index (χ4n) is 3.42. The van der Waals surface area contributed by atoms with Gasteiger partial charge in [-0.15, -0.1) is 0 Å². The molecule has 0 amide bonds. The molecule has 0 spiro atoms. The number of hydrogen-bond acceptors (Lipinski definition) is 2. The summed E-state index contributed by atoms with van der Waals surface area (Å²) in [5.74, 6) is 2.01. The van der Waals surface area contributed by atoms with E-state index in [0.717, 1.165) is 24.3 Å². The molecule has 27 heavy (non-hydrogen) atoms. The van der Waals surface area contributed by atoms with Gasteiger partial charge in [0.2, 0.25) is 0 Å². The van der Waals surface area contributed by atoms with Gasteiger partial charge in [-0.3, -0.25) is 0 Å². The number of ether oxygens (including phenoxy) is 2. The second-order valence-corrected chi connectivity index (χ2v) is 9.63. The normalized spacial score (nSPS) is 13.5. The van der Waals surface area contributed by atoms with Gasteiger partial charge < -0.3 is 0 Å². The molecule has 0 aliphatic carbocycles. The predicted octanol–water partition coefficient (Wildman–Crippen LogP) is 7.78. The van der Waals surface area contributed by atoms with Gasteiger partial charge in [-0.2, -0.15) is 0 Å². The maximum atomic E-state index is 6.21. The number of unbranched alkanes of at least 4 members (excludes halogenated alkanes) is 10. The van der Waals surface area contributed by atoms with Crippen molar-refractivity contribution in [1.82, 2.24) is 0 Å². The van der Waals surface area contributed by atoms with Gasteiger partial charge in [0.05, 0.1) is 0 Å². The van der Waals surface area contributed by atoms with E-state index in [0.29, 0.717) is 14.5 Å². The van der Waals surface area contributed by atoms with Gasteiger partial charge in [0, 0.05) is 0 Å². The molecule has 0 N–H and O–H groups in total. The SMILES string of the molecule is CCCCCCCCC(C)Oc1c[se]cc1OC(C)CCCCCCCC. The molecule has 1 rings (SSSR count). The van der Waals surface area contributed by atoms with E-state index < -0.39 is 0 Å². The quantitative estimate of drug-likeness (QED) is 0.170. The molecular weight excluding hydrogens is 399 g/mol. The Balaban J connectivity index is 2.20. The summed E-state index contributed by atoms with van der Waals surface area (Å²) in [6.45, 7) is 8.95. The maximum absolute atomic E-state index is 6.21. The van der Waals surface area contributed by atoms with Crippen molar-refractivity contribution >= 4 is 14.5 Å². The van der Waals surface area contributed by atoms with Crippen LogP contribution in [0, 0.1) is 0 Å². The fraction of sp³-hybridized carbons (Fsp3) is 0.833. The standard InChI is InChI=1S/C24H44O2Se/c1-5-7-9-11-13-15-17-21(3)25-23-19-27-20-24(23)26-22(4)18-16-14-12-10-8-6-2/h19-22H,5-18H2,1-4H3. The van der Waals surface area contributed by atoms with Gasteiger partial charge in [0.1, 0.15) is 0 Å². The molecular formula is C24H44O2Se. The van der Waals surface area contributed by atoms with Crippen LogP contribution in [0.5, 0.6) is 11.5 Å². The van der Waals surface area contributed by atoms with Crippen LogP contribution in [0.1, 0.15) is 118 Å². The van der Waals surface area contributed by atoms with Crippen molar-refractivity contribution in [3.05, 3.63) is 9.88 Å². The average molecular weight is 444 g/mol. The molecule has 158 valence electrons. The first-order valence-electron chi connectivity index (χ1n) is 11.6. The van der Waals surface area contributed by atoms with E-state index in [1.807, 2.05) is 0 Å². The van der Waals surface area contributed by atoms with Crippen molar-refractivity contribution in [3.8, 4) is 11.5 Å². The van der Waals surface area contributed by atoms with Gasteiger partial charge in [0.15, 0.2) is 0 Å². The van der Waals surface area contributed by atoms with Gasteiger partial charge in [0.25, 0.3) is 0 Å². The molecule has 1 heterocycles. The second-order valence-electron chi connectivity index (χ2n) is 8.07. The third-order valence-electron chi connectivity index (χ3n) is 5.18. The summed E-state index contributed by atoms with van der Waals surface area (Å²) in [5.41, 5.74) is 0. The molecule has 0 aromatic carbocycles. The van der Waals surface area contributed by atoms with Crippen molar-refractivity contribution in [2.24, 2.45) is 0 Å². The van der Waals surface area contributed by atoms with E-state index in [-0.39, 0.29) is 12.2 Å². The summed E-state index contributed by atoms with van der Waals surface area (Å²) in [5, 5.41) is 0. The molecule has 2 unspecified atom stereocenters. The van der Waals surface area contributed by atoms with Crippen LogP contribution < -0.4 is 9.47 Å². The predicted molar refractivity (Wildman–Crippen MR) is 120 cm³/mol. The van der Waals surface area contributed by atoms with Crippen LogP contribution >= 0.6 is 0 Å². The van der Waals surface area contributed by atoms with E-state index in [1.165, 1.54) is 77.0 Å². The molecule has 1 aromatic rings. The molecule has 0 saturated heterocycles. The summed E-state index contributed by atoms with van der Waals surface area (Å²) in [4.78, 5) is 4.47. The van der Waals surface area contributed by atoms with Gasteiger partial charge >= 0.3 is 175 Å². The van der Waals surface area contributed by atoms with Crippen molar-refractivity contribution < 1.29 is 9.47 Å². The number of rotatable bonds is 18. The van der Waals surface area contributed by atoms with Crippen LogP contribution in [0.15, 0.2) is 9.88 Å². The molecule has 0 radical (unpaired) electrons. The first kappa shape index (κ1) is 24.6. The zero-order chi connectivity index (χ0) is 19.7. The fourth-order valence-corrected chi connectivity index (χ4v) is 4.80. The zero-order valence-electron chi connectivity index (χ0n) is 18.4. The van der Waals surface area contributed by atoms with Crippen molar-refractivity contribution in [1.29, 1.82) is 0 Å². The van der Waals surface area contributed by atoms with Gasteiger partial charge in [-0.1, -0.05) is 0 Å². The van der Waals surface area contributed by atoms with Crippen LogP contribution in [-0.4, -0.2) is 26.7 Å². The molecule has 0 bridgehead atoms. The Kier molecular flexibility index (Phi) is 15.1. The van der Waals surface area contributed by atoms with Gasteiger partial charge in [-0.25, -0.2) is 0 Å². The molecule has 0 aliphatic heterocycles. The van der Waals surface area contributed by atoms with E-state index in [2.05, 4.69) is 37.6 Å². The van der Waals surface area contributed by atoms with Crippen molar-refractivity contribution in [3.63, 3.8) is 0 Å². The van der Waals surface area contributed by atoms with Crippen LogP contribution in [0.25, 0.3) is 0 Å². The van der Waals surface area contributed by atoms with E-state index in [9.17, 15) is 0 Å². The van der Waals surface area contributed by atoms with E-state index in [1.54, 1.807) is 0 Å². The Morgan fingerprint density at radius 2 is 1.00 bits per heavy atom. The summed E-state index contributed by atoms with van der Waals surface area (Å²) >= 11 is 0.393. The summed E-state index contributed by atoms with van der Waals surface area (Å²) in [7, 11) is 0. The van der Waals surface area contributed by atoms with Crippen molar-refractivity contribution in [2.45, 2.75) is 130 Å². The Labute approximate surface area is 175 Å². The van der Waals surface area contributed by atoms with E-state index in [4.69, 9.17) is 9.47 Å². The van der Waals surface area contributed by atoms with Crippen LogP contribution in [0.3, 0.4) is 0 Å². The van der Waals surface area contributed by atoms with Crippen LogP contribution in [0.4, 0.5) is 0 Å². The first-order chi connectivity index (χ1) is 13.2. The Hall–Kier alpha value is -0.401. The topological polar surface area (TPSA) is 18.5 Å². The van der Waals surface area contributed by atoms with E-state index >= 15 is 0 Å². The Bertz CT molecular complexity index is 405. The molecule has 2 nitrogen and oxygen atoms in total. The number of hydrogen-bond donors (Lipinski definition) is 0. The molecule has 3 heteroatoms. The van der Waals surface area contributed by atoms with Crippen LogP contribution in [-0.2, 0) is 0 Å². The first-order valence-corrected chi connectivity index (χ1v) is 13.5. The minimum atomic E-state index is 0.289. The Morgan fingerprint density at radius 3 is 1.41 bits per heavy atom. The molecule has 2 atom stereocenters.